The number of ether oxygens (including phenoxy) is 1. The van der Waals surface area contributed by atoms with Crippen LogP contribution in [0.3, 0.4) is 0 Å². The molecule has 0 bridgehead atoms. The summed E-state index contributed by atoms with van der Waals surface area (Å²) in [6.07, 6.45) is 3.89. The summed E-state index contributed by atoms with van der Waals surface area (Å²) < 4.78 is 5.42. The van der Waals surface area contributed by atoms with Crippen LogP contribution in [0.1, 0.15) is 12.0 Å². The van der Waals surface area contributed by atoms with Crippen molar-refractivity contribution in [1.29, 1.82) is 0 Å². The molecule has 1 aromatic carbocycles. The molecule has 21 heavy (non-hydrogen) atoms. The van der Waals surface area contributed by atoms with Crippen LogP contribution in [0.5, 0.6) is 5.75 Å². The molecule has 0 aliphatic heterocycles. The summed E-state index contributed by atoms with van der Waals surface area (Å²) >= 11 is 1.59. The van der Waals surface area contributed by atoms with Crippen molar-refractivity contribution in [3.63, 3.8) is 0 Å². The molecule has 1 aromatic heterocycles. The highest BCUT2D eigenvalue weighted by Gasteiger charge is 1.99. The number of anilines is 1. The first-order valence-corrected chi connectivity index (χ1v) is 7.57. The first-order valence-electron chi connectivity index (χ1n) is 6.63. The lowest BCUT2D eigenvalue weighted by molar-refractivity contribution is -0.111. The lowest BCUT2D eigenvalue weighted by atomic mass is 10.3. The van der Waals surface area contributed by atoms with E-state index in [2.05, 4.69) is 5.32 Å². The van der Waals surface area contributed by atoms with Gasteiger partial charge in [0.25, 0.3) is 0 Å². The summed E-state index contributed by atoms with van der Waals surface area (Å²) in [5, 5.41) is 15.4. The maximum Gasteiger partial charge on any atom is 0.248 e. The van der Waals surface area contributed by atoms with Gasteiger partial charge < -0.3 is 15.2 Å². The number of amides is 1. The summed E-state index contributed by atoms with van der Waals surface area (Å²) in [5.74, 6) is 0.547. The van der Waals surface area contributed by atoms with E-state index in [0.717, 1.165) is 11.3 Å². The van der Waals surface area contributed by atoms with E-state index in [4.69, 9.17) is 9.84 Å². The Morgan fingerprint density at radius 3 is 2.76 bits per heavy atom. The zero-order valence-corrected chi connectivity index (χ0v) is 12.3. The minimum absolute atomic E-state index is 0.116. The molecule has 0 atom stereocenters. The van der Waals surface area contributed by atoms with E-state index < -0.39 is 0 Å². The zero-order chi connectivity index (χ0) is 14.9. The average Bonchev–Trinajstić information content (AvgIpc) is 3.01. The van der Waals surface area contributed by atoms with Crippen molar-refractivity contribution < 1.29 is 14.6 Å². The van der Waals surface area contributed by atoms with Crippen molar-refractivity contribution in [2.24, 2.45) is 0 Å². The van der Waals surface area contributed by atoms with Gasteiger partial charge in [-0.25, -0.2) is 0 Å². The first-order chi connectivity index (χ1) is 10.3. The Labute approximate surface area is 127 Å². The maximum absolute atomic E-state index is 11.7. The molecule has 0 spiro atoms. The fourth-order valence-electron chi connectivity index (χ4n) is 1.61. The molecule has 0 unspecified atom stereocenters. The second-order valence-corrected chi connectivity index (χ2v) is 5.11. The number of aliphatic hydroxyl groups excluding tert-OH is 1. The molecular formula is C16H17NO3S. The van der Waals surface area contributed by atoms with E-state index in [9.17, 15) is 4.79 Å². The van der Waals surface area contributed by atoms with Crippen molar-refractivity contribution in [1.82, 2.24) is 0 Å². The Morgan fingerprint density at radius 2 is 2.10 bits per heavy atom. The van der Waals surface area contributed by atoms with Gasteiger partial charge in [-0.2, -0.15) is 11.3 Å². The Bertz CT molecular complexity index is 576. The molecule has 2 N–H and O–H groups in total. The molecule has 2 aromatic rings. The third-order valence-electron chi connectivity index (χ3n) is 2.66. The van der Waals surface area contributed by atoms with Crippen LogP contribution in [0, 0.1) is 0 Å². The van der Waals surface area contributed by atoms with Gasteiger partial charge in [0.15, 0.2) is 0 Å². The monoisotopic (exact) mass is 303 g/mol. The van der Waals surface area contributed by atoms with Gasteiger partial charge in [0.1, 0.15) is 5.75 Å². The fraction of sp³-hybridized carbons (Fsp3) is 0.188. The van der Waals surface area contributed by atoms with Gasteiger partial charge in [-0.05, 0) is 52.7 Å². The van der Waals surface area contributed by atoms with Crippen LogP contribution in [0.25, 0.3) is 6.08 Å². The van der Waals surface area contributed by atoms with Crippen molar-refractivity contribution in [3.05, 3.63) is 52.7 Å². The van der Waals surface area contributed by atoms with Crippen LogP contribution in [0.2, 0.25) is 0 Å². The molecule has 110 valence electrons. The second kappa shape index (κ2) is 8.24. The minimum Gasteiger partial charge on any atom is -0.494 e. The third kappa shape index (κ3) is 5.41. The molecule has 0 radical (unpaired) electrons. The van der Waals surface area contributed by atoms with E-state index in [-0.39, 0.29) is 12.5 Å². The summed E-state index contributed by atoms with van der Waals surface area (Å²) in [7, 11) is 0. The van der Waals surface area contributed by atoms with Crippen LogP contribution in [0.4, 0.5) is 5.69 Å². The van der Waals surface area contributed by atoms with E-state index in [0.29, 0.717) is 18.7 Å². The Kier molecular flexibility index (Phi) is 5.99. The third-order valence-corrected chi connectivity index (χ3v) is 3.36. The molecule has 2 rings (SSSR count). The number of hydrogen-bond acceptors (Lipinski definition) is 4. The summed E-state index contributed by atoms with van der Waals surface area (Å²) in [6, 6.07) is 9.09. The van der Waals surface area contributed by atoms with Gasteiger partial charge in [0.2, 0.25) is 5.91 Å². The molecule has 4 nitrogen and oxygen atoms in total. The average molecular weight is 303 g/mol. The standard InChI is InChI=1S/C16H17NO3S/c18-9-1-10-20-15-5-3-14(4-6-15)17-16(19)7-2-13-8-11-21-12-13/h2-8,11-12,18H,1,9-10H2,(H,17,19). The van der Waals surface area contributed by atoms with Gasteiger partial charge in [0, 0.05) is 24.8 Å². The van der Waals surface area contributed by atoms with E-state index in [1.54, 1.807) is 41.7 Å². The van der Waals surface area contributed by atoms with E-state index >= 15 is 0 Å². The molecule has 0 fully saturated rings. The van der Waals surface area contributed by atoms with Crippen molar-refractivity contribution in [3.8, 4) is 5.75 Å². The summed E-state index contributed by atoms with van der Waals surface area (Å²) in [5.41, 5.74) is 1.73. The van der Waals surface area contributed by atoms with Crippen molar-refractivity contribution in [2.75, 3.05) is 18.5 Å². The van der Waals surface area contributed by atoms with Crippen LogP contribution < -0.4 is 10.1 Å². The van der Waals surface area contributed by atoms with Gasteiger partial charge in [0.05, 0.1) is 6.61 Å². The van der Waals surface area contributed by atoms with E-state index in [1.807, 2.05) is 16.8 Å². The largest absolute Gasteiger partial charge is 0.494 e. The number of carbonyl (C=O) groups is 1. The van der Waals surface area contributed by atoms with Gasteiger partial charge >= 0.3 is 0 Å². The smallest absolute Gasteiger partial charge is 0.248 e. The van der Waals surface area contributed by atoms with Crippen molar-refractivity contribution >= 4 is 29.0 Å². The lowest BCUT2D eigenvalue weighted by Gasteiger charge is -2.06. The number of nitrogens with one attached hydrogen (secondary N) is 1. The number of thiophene rings is 1. The SMILES string of the molecule is O=C(C=Cc1ccsc1)Nc1ccc(OCCCO)cc1. The van der Waals surface area contributed by atoms with Crippen LogP contribution in [-0.2, 0) is 4.79 Å². The zero-order valence-electron chi connectivity index (χ0n) is 11.5. The topological polar surface area (TPSA) is 58.6 Å². The molecule has 1 heterocycles. The number of benzene rings is 1. The Morgan fingerprint density at radius 1 is 1.29 bits per heavy atom. The maximum atomic E-state index is 11.7. The molecular weight excluding hydrogens is 286 g/mol. The highest BCUT2D eigenvalue weighted by Crippen LogP contribution is 2.16. The summed E-state index contributed by atoms with van der Waals surface area (Å²) in [6.45, 7) is 0.593. The predicted octanol–water partition coefficient (Wildman–Crippen LogP) is 3.16. The van der Waals surface area contributed by atoms with Gasteiger partial charge in [-0.1, -0.05) is 0 Å². The second-order valence-electron chi connectivity index (χ2n) is 4.33. The van der Waals surface area contributed by atoms with Crippen LogP contribution in [0.15, 0.2) is 47.2 Å². The Balaban J connectivity index is 1.83. The number of aliphatic hydroxyl groups is 1. The van der Waals surface area contributed by atoms with Crippen molar-refractivity contribution in [2.45, 2.75) is 6.42 Å². The first kappa shape index (κ1) is 15.3. The lowest BCUT2D eigenvalue weighted by Crippen LogP contribution is -2.07. The molecule has 0 aliphatic carbocycles. The molecule has 0 aliphatic rings. The number of rotatable bonds is 7. The molecule has 0 saturated heterocycles. The number of carbonyl (C=O) groups excluding carboxylic acids is 1. The molecule has 1 amide bonds. The van der Waals surface area contributed by atoms with E-state index in [1.165, 1.54) is 6.08 Å². The summed E-state index contributed by atoms with van der Waals surface area (Å²) in [4.78, 5) is 11.7. The highest BCUT2D eigenvalue weighted by molar-refractivity contribution is 7.08. The van der Waals surface area contributed by atoms with Crippen LogP contribution >= 0.6 is 11.3 Å². The highest BCUT2D eigenvalue weighted by atomic mass is 32.1. The Hall–Kier alpha value is -2.11. The number of hydrogen-bond donors (Lipinski definition) is 2. The normalized spacial score (nSPS) is 10.7. The predicted molar refractivity (Wildman–Crippen MR) is 85.6 cm³/mol. The molecule has 5 heteroatoms. The minimum atomic E-state index is -0.171. The van der Waals surface area contributed by atoms with Gasteiger partial charge in [-0.15, -0.1) is 0 Å². The molecule has 0 saturated carbocycles. The quantitative estimate of drug-likeness (QED) is 0.610. The van der Waals surface area contributed by atoms with Gasteiger partial charge in [-0.3, -0.25) is 4.79 Å². The van der Waals surface area contributed by atoms with Crippen LogP contribution in [-0.4, -0.2) is 24.2 Å². The fourth-order valence-corrected chi connectivity index (χ4v) is 2.24.